The number of nitrogens with one attached hydrogen (secondary N) is 2. The van der Waals surface area contributed by atoms with E-state index in [1.54, 1.807) is 7.05 Å². The summed E-state index contributed by atoms with van der Waals surface area (Å²) in [4.78, 5) is 12.7. The summed E-state index contributed by atoms with van der Waals surface area (Å²) >= 11 is 0. The highest BCUT2D eigenvalue weighted by molar-refractivity contribution is 5.35. The van der Waals surface area contributed by atoms with Crippen LogP contribution in [0.25, 0.3) is 0 Å². The summed E-state index contributed by atoms with van der Waals surface area (Å²) in [5.41, 5.74) is 0. The van der Waals surface area contributed by atoms with Crippen molar-refractivity contribution in [1.82, 2.24) is 15.0 Å². The molecule has 6 nitrogen and oxygen atoms in total. The number of hydrogen-bond donors (Lipinski definition) is 2. The third-order valence-corrected chi connectivity index (χ3v) is 2.95. The van der Waals surface area contributed by atoms with Gasteiger partial charge in [-0.1, -0.05) is 12.8 Å². The molecule has 0 spiro atoms. The van der Waals surface area contributed by atoms with Gasteiger partial charge >= 0.3 is 6.01 Å². The summed E-state index contributed by atoms with van der Waals surface area (Å²) in [6.45, 7) is 4.79. The van der Waals surface area contributed by atoms with Crippen molar-refractivity contribution in [2.24, 2.45) is 5.92 Å². The van der Waals surface area contributed by atoms with Gasteiger partial charge in [0.05, 0.1) is 6.10 Å². The van der Waals surface area contributed by atoms with E-state index in [0.717, 1.165) is 18.9 Å². The van der Waals surface area contributed by atoms with Gasteiger partial charge in [-0.15, -0.1) is 0 Å². The van der Waals surface area contributed by atoms with Crippen molar-refractivity contribution in [3.05, 3.63) is 0 Å². The highest BCUT2D eigenvalue weighted by atomic mass is 16.5. The van der Waals surface area contributed by atoms with Gasteiger partial charge in [-0.25, -0.2) is 0 Å². The molecular weight excluding hydrogens is 242 g/mol. The minimum Gasteiger partial charge on any atom is -0.461 e. The predicted molar refractivity (Wildman–Crippen MR) is 75.6 cm³/mol. The van der Waals surface area contributed by atoms with Crippen molar-refractivity contribution in [3.8, 4) is 6.01 Å². The van der Waals surface area contributed by atoms with Crippen LogP contribution in [0.15, 0.2) is 0 Å². The number of rotatable bonds is 8. The standard InChI is InChI=1S/C13H23N5O/c1-9(2)19-13-17-11(14-3)16-12(18-13)15-8-4-5-10-6-7-10/h9-10H,4-8H2,1-3H3,(H2,14,15,16,17,18). The Hall–Kier alpha value is -1.59. The molecule has 1 saturated carbocycles. The molecule has 1 fully saturated rings. The van der Waals surface area contributed by atoms with E-state index in [9.17, 15) is 0 Å². The van der Waals surface area contributed by atoms with Gasteiger partial charge in [0.2, 0.25) is 11.9 Å². The van der Waals surface area contributed by atoms with Crippen LogP contribution in [0.4, 0.5) is 11.9 Å². The molecular formula is C13H23N5O. The van der Waals surface area contributed by atoms with Crippen LogP contribution in [0.1, 0.15) is 39.5 Å². The lowest BCUT2D eigenvalue weighted by molar-refractivity contribution is 0.222. The van der Waals surface area contributed by atoms with Crippen LogP contribution in [0.3, 0.4) is 0 Å². The largest absolute Gasteiger partial charge is 0.461 e. The van der Waals surface area contributed by atoms with Gasteiger partial charge in [-0.3, -0.25) is 0 Å². The van der Waals surface area contributed by atoms with Gasteiger partial charge in [0, 0.05) is 13.6 Å². The van der Waals surface area contributed by atoms with Crippen LogP contribution < -0.4 is 15.4 Å². The molecule has 0 radical (unpaired) electrons. The van der Waals surface area contributed by atoms with Gasteiger partial charge in [-0.05, 0) is 32.6 Å². The van der Waals surface area contributed by atoms with E-state index < -0.39 is 0 Å². The highest BCUT2D eigenvalue weighted by Crippen LogP contribution is 2.33. The predicted octanol–water partition coefficient (Wildman–Crippen LogP) is 2.30. The molecule has 1 aliphatic rings. The monoisotopic (exact) mass is 265 g/mol. The maximum Gasteiger partial charge on any atom is 0.323 e. The number of ether oxygens (including phenoxy) is 1. The van der Waals surface area contributed by atoms with E-state index in [0.29, 0.717) is 17.9 Å². The first-order valence-electron chi connectivity index (χ1n) is 7.01. The second-order valence-corrected chi connectivity index (χ2v) is 5.19. The molecule has 0 bridgehead atoms. The van der Waals surface area contributed by atoms with E-state index in [1.807, 2.05) is 13.8 Å². The summed E-state index contributed by atoms with van der Waals surface area (Å²) < 4.78 is 5.51. The average Bonchev–Trinajstić information content (AvgIpc) is 3.17. The fourth-order valence-corrected chi connectivity index (χ4v) is 1.81. The Morgan fingerprint density at radius 1 is 1.21 bits per heavy atom. The van der Waals surface area contributed by atoms with E-state index in [1.165, 1.54) is 19.3 Å². The topological polar surface area (TPSA) is 72.0 Å². The van der Waals surface area contributed by atoms with E-state index in [4.69, 9.17) is 4.74 Å². The molecule has 1 aromatic rings. The van der Waals surface area contributed by atoms with Gasteiger partial charge in [-0.2, -0.15) is 15.0 Å². The lowest BCUT2D eigenvalue weighted by atomic mass is 10.2. The van der Waals surface area contributed by atoms with Gasteiger partial charge in [0.1, 0.15) is 0 Å². The van der Waals surface area contributed by atoms with Crippen LogP contribution in [0.5, 0.6) is 6.01 Å². The number of nitrogens with zero attached hydrogens (tertiary/aromatic N) is 3. The van der Waals surface area contributed by atoms with Crippen LogP contribution in [0.2, 0.25) is 0 Å². The minimum atomic E-state index is 0.0508. The van der Waals surface area contributed by atoms with Crippen LogP contribution in [-0.2, 0) is 0 Å². The molecule has 0 saturated heterocycles. The Bertz CT molecular complexity index is 406. The number of anilines is 2. The Balaban J connectivity index is 1.88. The van der Waals surface area contributed by atoms with Crippen LogP contribution >= 0.6 is 0 Å². The van der Waals surface area contributed by atoms with E-state index in [2.05, 4.69) is 25.6 Å². The molecule has 2 rings (SSSR count). The minimum absolute atomic E-state index is 0.0508. The molecule has 1 aliphatic carbocycles. The van der Waals surface area contributed by atoms with Gasteiger partial charge in [0.15, 0.2) is 0 Å². The van der Waals surface area contributed by atoms with Crippen molar-refractivity contribution in [2.45, 2.75) is 45.6 Å². The second kappa shape index (κ2) is 6.54. The first-order valence-corrected chi connectivity index (χ1v) is 7.01. The first-order chi connectivity index (χ1) is 9.17. The fourth-order valence-electron chi connectivity index (χ4n) is 1.81. The fraction of sp³-hybridized carbons (Fsp3) is 0.769. The normalized spacial score (nSPS) is 14.5. The Kier molecular flexibility index (Phi) is 4.76. The van der Waals surface area contributed by atoms with Crippen molar-refractivity contribution < 1.29 is 4.74 Å². The Morgan fingerprint density at radius 2 is 1.95 bits per heavy atom. The van der Waals surface area contributed by atoms with Crippen molar-refractivity contribution >= 4 is 11.9 Å². The van der Waals surface area contributed by atoms with Crippen molar-refractivity contribution in [2.75, 3.05) is 24.2 Å². The zero-order valence-electron chi connectivity index (χ0n) is 11.9. The Labute approximate surface area is 114 Å². The second-order valence-electron chi connectivity index (χ2n) is 5.19. The van der Waals surface area contributed by atoms with Crippen molar-refractivity contribution in [1.29, 1.82) is 0 Å². The number of aromatic nitrogens is 3. The maximum absolute atomic E-state index is 5.51. The lowest BCUT2D eigenvalue weighted by Gasteiger charge is -2.11. The summed E-state index contributed by atoms with van der Waals surface area (Å²) in [5.74, 6) is 2.06. The third-order valence-electron chi connectivity index (χ3n) is 2.95. The quantitative estimate of drug-likeness (QED) is 0.703. The van der Waals surface area contributed by atoms with Crippen LogP contribution in [-0.4, -0.2) is 34.6 Å². The molecule has 0 aliphatic heterocycles. The molecule has 1 heterocycles. The molecule has 19 heavy (non-hydrogen) atoms. The molecule has 0 aromatic carbocycles. The molecule has 0 amide bonds. The maximum atomic E-state index is 5.51. The van der Waals surface area contributed by atoms with Crippen LogP contribution in [0, 0.1) is 5.92 Å². The summed E-state index contributed by atoms with van der Waals surface area (Å²) in [6.07, 6.45) is 5.32. The Morgan fingerprint density at radius 3 is 2.58 bits per heavy atom. The molecule has 2 N–H and O–H groups in total. The summed E-state index contributed by atoms with van der Waals surface area (Å²) in [6, 6.07) is 0.360. The summed E-state index contributed by atoms with van der Waals surface area (Å²) in [7, 11) is 1.78. The molecule has 0 atom stereocenters. The molecule has 106 valence electrons. The summed E-state index contributed by atoms with van der Waals surface area (Å²) in [5, 5.41) is 6.15. The molecule has 6 heteroatoms. The molecule has 0 unspecified atom stereocenters. The van der Waals surface area contributed by atoms with E-state index >= 15 is 0 Å². The third kappa shape index (κ3) is 4.89. The highest BCUT2D eigenvalue weighted by Gasteiger charge is 2.20. The SMILES string of the molecule is CNc1nc(NCCCC2CC2)nc(OC(C)C)n1. The van der Waals surface area contributed by atoms with Gasteiger partial charge < -0.3 is 15.4 Å². The average molecular weight is 265 g/mol. The molecule has 1 aromatic heterocycles. The first kappa shape index (κ1) is 13.8. The lowest BCUT2D eigenvalue weighted by Crippen LogP contribution is -2.13. The smallest absolute Gasteiger partial charge is 0.323 e. The zero-order valence-corrected chi connectivity index (χ0v) is 11.9. The number of hydrogen-bond acceptors (Lipinski definition) is 6. The van der Waals surface area contributed by atoms with E-state index in [-0.39, 0.29) is 6.10 Å². The van der Waals surface area contributed by atoms with Gasteiger partial charge in [0.25, 0.3) is 0 Å². The zero-order chi connectivity index (χ0) is 13.7. The van der Waals surface area contributed by atoms with Crippen molar-refractivity contribution in [3.63, 3.8) is 0 Å².